The highest BCUT2D eigenvalue weighted by atomic mass is 35.5. The minimum Gasteiger partial charge on any atom is -0.337 e. The summed E-state index contributed by atoms with van der Waals surface area (Å²) in [5, 5.41) is 3.30. The van der Waals surface area contributed by atoms with Crippen LogP contribution >= 0.6 is 24.2 Å². The van der Waals surface area contributed by atoms with Crippen molar-refractivity contribution in [3.8, 4) is 0 Å². The van der Waals surface area contributed by atoms with Crippen LogP contribution in [-0.2, 0) is 4.79 Å². The number of hydrogen-bond donors (Lipinski definition) is 1. The number of carbonyl (C=O) groups is 1. The van der Waals surface area contributed by atoms with E-state index in [1.165, 1.54) is 10.5 Å². The maximum atomic E-state index is 12.2. The molecule has 0 aliphatic carbocycles. The molecule has 5 heteroatoms. The van der Waals surface area contributed by atoms with Crippen molar-refractivity contribution in [2.75, 3.05) is 25.4 Å². The Labute approximate surface area is 125 Å². The SMILES string of the molecule is Cc1ccccc1SCC(=O)N1CCNCC1C.Cl. The van der Waals surface area contributed by atoms with Crippen LogP contribution in [0.25, 0.3) is 0 Å². The zero-order valence-electron chi connectivity index (χ0n) is 11.4. The van der Waals surface area contributed by atoms with E-state index >= 15 is 0 Å². The minimum absolute atomic E-state index is 0. The van der Waals surface area contributed by atoms with Crippen LogP contribution in [-0.4, -0.2) is 42.2 Å². The lowest BCUT2D eigenvalue weighted by atomic mass is 10.2. The van der Waals surface area contributed by atoms with E-state index < -0.39 is 0 Å². The normalized spacial score (nSPS) is 18.8. The first kappa shape index (κ1) is 16.3. The highest BCUT2D eigenvalue weighted by Gasteiger charge is 2.22. The van der Waals surface area contributed by atoms with Gasteiger partial charge in [-0.2, -0.15) is 0 Å². The third kappa shape index (κ3) is 4.41. The van der Waals surface area contributed by atoms with Crippen molar-refractivity contribution < 1.29 is 4.79 Å². The van der Waals surface area contributed by atoms with Crippen molar-refractivity contribution in [1.29, 1.82) is 0 Å². The van der Waals surface area contributed by atoms with Crippen LogP contribution in [0.15, 0.2) is 29.2 Å². The van der Waals surface area contributed by atoms with Gasteiger partial charge in [0.2, 0.25) is 5.91 Å². The van der Waals surface area contributed by atoms with Crippen LogP contribution in [0.1, 0.15) is 12.5 Å². The first-order chi connectivity index (χ1) is 8.68. The maximum Gasteiger partial charge on any atom is 0.233 e. The number of nitrogens with zero attached hydrogens (tertiary/aromatic N) is 1. The lowest BCUT2D eigenvalue weighted by Crippen LogP contribution is -2.52. The number of amides is 1. The number of thioether (sulfide) groups is 1. The van der Waals surface area contributed by atoms with Gasteiger partial charge in [0.25, 0.3) is 0 Å². The molecular formula is C14H21ClN2OS. The molecule has 0 bridgehead atoms. The molecule has 3 nitrogen and oxygen atoms in total. The zero-order valence-corrected chi connectivity index (χ0v) is 13.0. The first-order valence-corrected chi connectivity index (χ1v) is 7.35. The van der Waals surface area contributed by atoms with E-state index in [4.69, 9.17) is 0 Å². The van der Waals surface area contributed by atoms with E-state index in [0.717, 1.165) is 19.6 Å². The monoisotopic (exact) mass is 300 g/mol. The molecule has 106 valence electrons. The smallest absolute Gasteiger partial charge is 0.233 e. The van der Waals surface area contributed by atoms with Gasteiger partial charge < -0.3 is 10.2 Å². The van der Waals surface area contributed by atoms with Crippen molar-refractivity contribution >= 4 is 30.1 Å². The molecule has 0 saturated carbocycles. The van der Waals surface area contributed by atoms with Gasteiger partial charge in [0, 0.05) is 30.6 Å². The second kappa shape index (κ2) is 7.78. The molecule has 1 heterocycles. The van der Waals surface area contributed by atoms with Gasteiger partial charge >= 0.3 is 0 Å². The fraction of sp³-hybridized carbons (Fsp3) is 0.500. The van der Waals surface area contributed by atoms with Crippen LogP contribution in [0.4, 0.5) is 0 Å². The Morgan fingerprint density at radius 3 is 2.89 bits per heavy atom. The maximum absolute atomic E-state index is 12.2. The van der Waals surface area contributed by atoms with E-state index in [-0.39, 0.29) is 18.3 Å². The number of benzene rings is 1. The molecule has 1 unspecified atom stereocenters. The summed E-state index contributed by atoms with van der Waals surface area (Å²) in [5.74, 6) is 0.784. The summed E-state index contributed by atoms with van der Waals surface area (Å²) in [5.41, 5.74) is 1.24. The highest BCUT2D eigenvalue weighted by molar-refractivity contribution is 8.00. The number of nitrogens with one attached hydrogen (secondary N) is 1. The van der Waals surface area contributed by atoms with Crippen molar-refractivity contribution in [2.45, 2.75) is 24.8 Å². The van der Waals surface area contributed by atoms with Gasteiger partial charge in [-0.25, -0.2) is 0 Å². The van der Waals surface area contributed by atoms with Crippen LogP contribution < -0.4 is 5.32 Å². The Bertz CT molecular complexity index is 428. The third-order valence-electron chi connectivity index (χ3n) is 3.27. The van der Waals surface area contributed by atoms with Crippen molar-refractivity contribution in [3.05, 3.63) is 29.8 Å². The molecule has 1 aliphatic heterocycles. The fourth-order valence-electron chi connectivity index (χ4n) is 2.15. The Morgan fingerprint density at radius 1 is 1.47 bits per heavy atom. The molecule has 1 saturated heterocycles. The summed E-state index contributed by atoms with van der Waals surface area (Å²) in [6, 6.07) is 8.52. The molecule has 0 aromatic heterocycles. The molecular weight excluding hydrogens is 280 g/mol. The average molecular weight is 301 g/mol. The quantitative estimate of drug-likeness (QED) is 0.870. The van der Waals surface area contributed by atoms with E-state index in [2.05, 4.69) is 31.3 Å². The summed E-state index contributed by atoms with van der Waals surface area (Å²) in [6.07, 6.45) is 0. The Kier molecular flexibility index (Phi) is 6.69. The second-order valence-corrected chi connectivity index (χ2v) is 5.71. The van der Waals surface area contributed by atoms with Gasteiger partial charge in [0.05, 0.1) is 5.75 Å². The summed E-state index contributed by atoms with van der Waals surface area (Å²) >= 11 is 1.64. The topological polar surface area (TPSA) is 32.3 Å². The first-order valence-electron chi connectivity index (χ1n) is 6.37. The lowest BCUT2D eigenvalue weighted by molar-refractivity contribution is -0.131. The summed E-state index contributed by atoms with van der Waals surface area (Å²) in [7, 11) is 0. The average Bonchev–Trinajstić information content (AvgIpc) is 2.38. The van der Waals surface area contributed by atoms with Gasteiger partial charge in [0.15, 0.2) is 0 Å². The number of piperazine rings is 1. The van der Waals surface area contributed by atoms with Crippen LogP contribution in [0.5, 0.6) is 0 Å². The Balaban J connectivity index is 0.00000180. The lowest BCUT2D eigenvalue weighted by Gasteiger charge is -2.34. The summed E-state index contributed by atoms with van der Waals surface area (Å²) < 4.78 is 0. The number of aryl methyl sites for hydroxylation is 1. The van der Waals surface area contributed by atoms with Crippen molar-refractivity contribution in [1.82, 2.24) is 10.2 Å². The molecule has 1 aliphatic rings. The van der Waals surface area contributed by atoms with E-state index in [9.17, 15) is 4.79 Å². The number of halogens is 1. The molecule has 1 N–H and O–H groups in total. The van der Waals surface area contributed by atoms with Gasteiger partial charge in [-0.1, -0.05) is 18.2 Å². The zero-order chi connectivity index (χ0) is 13.0. The predicted octanol–water partition coefficient (Wildman–Crippen LogP) is 2.33. The third-order valence-corrected chi connectivity index (χ3v) is 4.43. The molecule has 0 spiro atoms. The standard InChI is InChI=1S/C14H20N2OS.ClH/c1-11-5-3-4-6-13(11)18-10-14(17)16-8-7-15-9-12(16)2;/h3-6,12,15H,7-10H2,1-2H3;1H. The van der Waals surface area contributed by atoms with E-state index in [1.54, 1.807) is 11.8 Å². The molecule has 19 heavy (non-hydrogen) atoms. The number of rotatable bonds is 3. The van der Waals surface area contributed by atoms with Crippen LogP contribution in [0.2, 0.25) is 0 Å². The molecule has 1 aromatic rings. The highest BCUT2D eigenvalue weighted by Crippen LogP contribution is 2.22. The largest absolute Gasteiger partial charge is 0.337 e. The van der Waals surface area contributed by atoms with E-state index in [0.29, 0.717) is 11.8 Å². The Morgan fingerprint density at radius 2 is 2.21 bits per heavy atom. The van der Waals surface area contributed by atoms with Gasteiger partial charge in [-0.05, 0) is 25.5 Å². The minimum atomic E-state index is 0. The molecule has 1 fully saturated rings. The fourth-order valence-corrected chi connectivity index (χ4v) is 3.07. The van der Waals surface area contributed by atoms with Crippen molar-refractivity contribution in [2.24, 2.45) is 0 Å². The summed E-state index contributed by atoms with van der Waals surface area (Å²) in [6.45, 7) is 6.82. The van der Waals surface area contributed by atoms with Crippen LogP contribution in [0.3, 0.4) is 0 Å². The summed E-state index contributed by atoms with van der Waals surface area (Å²) in [4.78, 5) is 15.4. The van der Waals surface area contributed by atoms with Gasteiger partial charge in [-0.15, -0.1) is 24.2 Å². The second-order valence-electron chi connectivity index (χ2n) is 4.69. The molecule has 0 radical (unpaired) electrons. The molecule has 2 rings (SSSR count). The van der Waals surface area contributed by atoms with Crippen molar-refractivity contribution in [3.63, 3.8) is 0 Å². The molecule has 1 atom stereocenters. The predicted molar refractivity (Wildman–Crippen MR) is 83.2 cm³/mol. The van der Waals surface area contributed by atoms with E-state index in [1.807, 2.05) is 17.0 Å². The Hall–Kier alpha value is -0.710. The molecule has 1 aromatic carbocycles. The number of hydrogen-bond acceptors (Lipinski definition) is 3. The van der Waals surface area contributed by atoms with Crippen LogP contribution in [0, 0.1) is 6.92 Å². The number of carbonyl (C=O) groups excluding carboxylic acids is 1. The van der Waals surface area contributed by atoms with Gasteiger partial charge in [0.1, 0.15) is 0 Å². The van der Waals surface area contributed by atoms with Gasteiger partial charge in [-0.3, -0.25) is 4.79 Å². The molecule has 1 amide bonds.